The number of ether oxygens (including phenoxy) is 1. The van der Waals surface area contributed by atoms with Crippen molar-refractivity contribution in [2.45, 2.75) is 13.0 Å². The van der Waals surface area contributed by atoms with Crippen molar-refractivity contribution in [1.29, 1.82) is 0 Å². The molecule has 0 atom stereocenters. The van der Waals surface area contributed by atoms with Gasteiger partial charge in [-0.15, -0.1) is 11.3 Å². The third-order valence-corrected chi connectivity index (χ3v) is 6.15. The summed E-state index contributed by atoms with van der Waals surface area (Å²) in [4.78, 5) is 21.6. The molecule has 1 amide bonds. The molecule has 29 heavy (non-hydrogen) atoms. The number of amides is 1. The highest BCUT2D eigenvalue weighted by Gasteiger charge is 2.17. The van der Waals surface area contributed by atoms with Crippen LogP contribution >= 0.6 is 11.3 Å². The number of hydrogen-bond donors (Lipinski definition) is 0. The maximum absolute atomic E-state index is 12.7. The second-order valence-electron chi connectivity index (χ2n) is 7.16. The summed E-state index contributed by atoms with van der Waals surface area (Å²) in [5.41, 5.74) is 2.25. The van der Waals surface area contributed by atoms with E-state index in [0.29, 0.717) is 0 Å². The van der Waals surface area contributed by atoms with Crippen LogP contribution in [0.4, 0.5) is 0 Å². The topological polar surface area (TPSA) is 45.7 Å². The van der Waals surface area contributed by atoms with E-state index < -0.39 is 0 Å². The third-order valence-electron chi connectivity index (χ3n) is 5.14. The van der Waals surface area contributed by atoms with E-state index in [-0.39, 0.29) is 5.91 Å². The highest BCUT2D eigenvalue weighted by atomic mass is 32.1. The second kappa shape index (κ2) is 9.20. The molecule has 1 fully saturated rings. The van der Waals surface area contributed by atoms with Gasteiger partial charge in [0.2, 0.25) is 5.91 Å². The quantitative estimate of drug-likeness (QED) is 0.599. The molecule has 2 aromatic carbocycles. The Balaban J connectivity index is 1.32. The van der Waals surface area contributed by atoms with E-state index in [0.717, 1.165) is 60.1 Å². The molecule has 3 aromatic rings. The molecule has 150 valence electrons. The number of carbonyl (C=O) groups excluding carboxylic acids is 1. The van der Waals surface area contributed by atoms with Crippen molar-refractivity contribution in [3.8, 4) is 5.75 Å². The summed E-state index contributed by atoms with van der Waals surface area (Å²) in [6.07, 6.45) is 4.49. The maximum atomic E-state index is 12.7. The zero-order valence-electron chi connectivity index (χ0n) is 16.6. The Labute approximate surface area is 175 Å². The van der Waals surface area contributed by atoms with Crippen molar-refractivity contribution >= 4 is 33.5 Å². The van der Waals surface area contributed by atoms with Gasteiger partial charge in [0, 0.05) is 38.8 Å². The van der Waals surface area contributed by atoms with E-state index in [2.05, 4.69) is 28.1 Å². The largest absolute Gasteiger partial charge is 0.497 e. The normalized spacial score (nSPS) is 15.7. The second-order valence-corrected chi connectivity index (χ2v) is 8.22. The van der Waals surface area contributed by atoms with Gasteiger partial charge in [0.25, 0.3) is 0 Å². The average Bonchev–Trinajstić information content (AvgIpc) is 3.03. The van der Waals surface area contributed by atoms with Gasteiger partial charge in [0.15, 0.2) is 0 Å². The molecule has 1 aliphatic heterocycles. The van der Waals surface area contributed by atoms with E-state index in [1.54, 1.807) is 24.5 Å². The first kappa shape index (κ1) is 19.6. The number of rotatable bonds is 5. The Morgan fingerprint density at radius 1 is 1.10 bits per heavy atom. The fraction of sp³-hybridized carbons (Fsp3) is 0.304. The molecule has 1 aromatic heterocycles. The summed E-state index contributed by atoms with van der Waals surface area (Å²) in [5.74, 6) is 0.942. The molecule has 0 N–H and O–H groups in total. The summed E-state index contributed by atoms with van der Waals surface area (Å²) < 4.78 is 6.37. The predicted octanol–water partition coefficient (Wildman–Crippen LogP) is 4.05. The van der Waals surface area contributed by atoms with Gasteiger partial charge in [-0.3, -0.25) is 9.69 Å². The molecule has 0 unspecified atom stereocenters. The molecule has 0 saturated carbocycles. The van der Waals surface area contributed by atoms with Gasteiger partial charge < -0.3 is 9.64 Å². The van der Waals surface area contributed by atoms with Gasteiger partial charge >= 0.3 is 0 Å². The number of thiazole rings is 1. The van der Waals surface area contributed by atoms with E-state index in [1.807, 2.05) is 41.3 Å². The van der Waals surface area contributed by atoms with Crippen LogP contribution in [0.1, 0.15) is 17.0 Å². The highest BCUT2D eigenvalue weighted by molar-refractivity contribution is 7.19. The van der Waals surface area contributed by atoms with Crippen LogP contribution in [0.25, 0.3) is 16.3 Å². The van der Waals surface area contributed by atoms with Crippen molar-refractivity contribution < 1.29 is 9.53 Å². The molecule has 1 saturated heterocycles. The molecule has 6 heteroatoms. The summed E-state index contributed by atoms with van der Waals surface area (Å²) in [6, 6.07) is 16.2. The summed E-state index contributed by atoms with van der Waals surface area (Å²) in [5, 5.41) is 0.871. The van der Waals surface area contributed by atoms with Crippen LogP contribution in [0.3, 0.4) is 0 Å². The molecule has 0 aliphatic carbocycles. The van der Waals surface area contributed by atoms with Gasteiger partial charge in [0.05, 0.1) is 17.3 Å². The first-order valence-electron chi connectivity index (χ1n) is 9.89. The minimum absolute atomic E-state index is 0.0653. The number of carbonyl (C=O) groups is 1. The lowest BCUT2D eigenvalue weighted by Crippen LogP contribution is -2.34. The van der Waals surface area contributed by atoms with Crippen LogP contribution in [0.15, 0.2) is 54.6 Å². The monoisotopic (exact) mass is 407 g/mol. The lowest BCUT2D eigenvalue weighted by atomic mass is 10.2. The first-order chi connectivity index (χ1) is 14.2. The Morgan fingerprint density at radius 3 is 2.72 bits per heavy atom. The van der Waals surface area contributed by atoms with Crippen molar-refractivity contribution in [1.82, 2.24) is 14.8 Å². The number of fused-ring (bicyclic) bond motifs is 1. The lowest BCUT2D eigenvalue weighted by Gasteiger charge is -2.21. The fourth-order valence-corrected chi connectivity index (χ4v) is 4.42. The maximum Gasteiger partial charge on any atom is 0.246 e. The standard InChI is InChI=1S/C23H25N3O2S/c1-28-19-9-7-18(8-10-19)17-25-13-4-14-26(16-15-25)23(27)12-11-22-24-20-5-2-3-6-21(20)29-22/h2-3,5-12H,4,13-17H2,1H3/b12-11+. The van der Waals surface area contributed by atoms with Crippen LogP contribution in [-0.2, 0) is 11.3 Å². The molecule has 1 aliphatic rings. The minimum Gasteiger partial charge on any atom is -0.497 e. The predicted molar refractivity (Wildman–Crippen MR) is 118 cm³/mol. The Kier molecular flexibility index (Phi) is 6.22. The van der Waals surface area contributed by atoms with Crippen molar-refractivity contribution in [3.63, 3.8) is 0 Å². The van der Waals surface area contributed by atoms with Gasteiger partial charge in [-0.2, -0.15) is 0 Å². The zero-order chi connectivity index (χ0) is 20.1. The Bertz CT molecular complexity index is 964. The number of nitrogens with zero attached hydrogens (tertiary/aromatic N) is 3. The van der Waals surface area contributed by atoms with E-state index >= 15 is 0 Å². The number of benzene rings is 2. The minimum atomic E-state index is 0.0653. The lowest BCUT2D eigenvalue weighted by molar-refractivity contribution is -0.125. The van der Waals surface area contributed by atoms with Crippen LogP contribution < -0.4 is 4.74 Å². The van der Waals surface area contributed by atoms with Crippen LogP contribution in [0.5, 0.6) is 5.75 Å². The van der Waals surface area contributed by atoms with Crippen LogP contribution in [0, 0.1) is 0 Å². The smallest absolute Gasteiger partial charge is 0.246 e. The molecule has 5 nitrogen and oxygen atoms in total. The van der Waals surface area contributed by atoms with Gasteiger partial charge in [-0.1, -0.05) is 24.3 Å². The Hall–Kier alpha value is -2.70. The number of hydrogen-bond acceptors (Lipinski definition) is 5. The Morgan fingerprint density at radius 2 is 1.93 bits per heavy atom. The molecule has 0 bridgehead atoms. The summed E-state index contributed by atoms with van der Waals surface area (Å²) in [7, 11) is 1.68. The van der Waals surface area contributed by atoms with Crippen molar-refractivity contribution in [2.75, 3.05) is 33.3 Å². The van der Waals surface area contributed by atoms with E-state index in [9.17, 15) is 4.79 Å². The number of para-hydroxylation sites is 1. The van der Waals surface area contributed by atoms with E-state index in [1.165, 1.54) is 5.56 Å². The molecular formula is C23H25N3O2S. The van der Waals surface area contributed by atoms with Crippen LogP contribution in [-0.4, -0.2) is 54.0 Å². The summed E-state index contributed by atoms with van der Waals surface area (Å²) >= 11 is 1.61. The average molecular weight is 408 g/mol. The molecule has 0 spiro atoms. The first-order valence-corrected chi connectivity index (χ1v) is 10.7. The van der Waals surface area contributed by atoms with Crippen molar-refractivity contribution in [2.24, 2.45) is 0 Å². The SMILES string of the molecule is COc1ccc(CN2CCCN(C(=O)/C=C/c3nc4ccccc4s3)CC2)cc1. The van der Waals surface area contributed by atoms with Gasteiger partial charge in [-0.05, 0) is 42.3 Å². The van der Waals surface area contributed by atoms with E-state index in [4.69, 9.17) is 4.74 Å². The zero-order valence-corrected chi connectivity index (χ0v) is 17.4. The highest BCUT2D eigenvalue weighted by Crippen LogP contribution is 2.22. The van der Waals surface area contributed by atoms with Crippen LogP contribution in [0.2, 0.25) is 0 Å². The molecule has 0 radical (unpaired) electrons. The number of aromatic nitrogens is 1. The fourth-order valence-electron chi connectivity index (χ4n) is 3.55. The van der Waals surface area contributed by atoms with Gasteiger partial charge in [-0.25, -0.2) is 4.98 Å². The third kappa shape index (κ3) is 5.02. The molecular weight excluding hydrogens is 382 g/mol. The van der Waals surface area contributed by atoms with Gasteiger partial charge in [0.1, 0.15) is 10.8 Å². The van der Waals surface area contributed by atoms with Crippen molar-refractivity contribution in [3.05, 3.63) is 65.2 Å². The molecule has 4 rings (SSSR count). The molecule has 2 heterocycles. The number of methoxy groups -OCH3 is 1. The summed E-state index contributed by atoms with van der Waals surface area (Å²) in [6.45, 7) is 4.32.